The van der Waals surface area contributed by atoms with Crippen LogP contribution < -0.4 is 0 Å². The summed E-state index contributed by atoms with van der Waals surface area (Å²) in [4.78, 5) is 29.2. The first-order valence-corrected chi connectivity index (χ1v) is 8.17. The highest BCUT2D eigenvalue weighted by Crippen LogP contribution is 2.29. The summed E-state index contributed by atoms with van der Waals surface area (Å²) in [6.07, 6.45) is 4.71. The normalized spacial score (nSPS) is 26.5. The number of piperidine rings is 1. The Kier molecular flexibility index (Phi) is 5.62. The van der Waals surface area contributed by atoms with E-state index in [-0.39, 0.29) is 29.8 Å². The summed E-state index contributed by atoms with van der Waals surface area (Å²) in [6.45, 7) is 6.18. The molecule has 2 amide bonds. The number of rotatable bonds is 6. The van der Waals surface area contributed by atoms with Gasteiger partial charge in [0.1, 0.15) is 12.1 Å². The molecule has 2 saturated heterocycles. The van der Waals surface area contributed by atoms with Crippen LogP contribution in [-0.2, 0) is 14.3 Å². The molecule has 0 radical (unpaired) electrons. The number of carbonyl (C=O) groups excluding carboxylic acids is 2. The summed E-state index contributed by atoms with van der Waals surface area (Å²) in [5, 5.41) is 0. The van der Waals surface area contributed by atoms with E-state index in [1.807, 2.05) is 23.6 Å². The molecule has 21 heavy (non-hydrogen) atoms. The van der Waals surface area contributed by atoms with Crippen LogP contribution in [0.5, 0.6) is 0 Å². The second kappa shape index (κ2) is 7.25. The molecule has 2 fully saturated rings. The minimum Gasteiger partial charge on any atom is -0.385 e. The van der Waals surface area contributed by atoms with E-state index in [0.717, 1.165) is 38.6 Å². The van der Waals surface area contributed by atoms with Gasteiger partial charge in [0.25, 0.3) is 0 Å². The monoisotopic (exact) mass is 296 g/mol. The molecule has 120 valence electrons. The summed E-state index contributed by atoms with van der Waals surface area (Å²) >= 11 is 0. The van der Waals surface area contributed by atoms with Crippen molar-refractivity contribution in [1.82, 2.24) is 9.80 Å². The van der Waals surface area contributed by atoms with Crippen molar-refractivity contribution in [2.45, 2.75) is 58.0 Å². The number of amides is 2. The Morgan fingerprint density at radius 2 is 1.95 bits per heavy atom. The van der Waals surface area contributed by atoms with Gasteiger partial charge in [-0.1, -0.05) is 13.8 Å². The first-order valence-electron chi connectivity index (χ1n) is 8.17. The minimum absolute atomic E-state index is 0.154. The maximum absolute atomic E-state index is 12.8. The maximum Gasteiger partial charge on any atom is 0.246 e. The van der Waals surface area contributed by atoms with Crippen LogP contribution in [0.25, 0.3) is 0 Å². The number of hydrogen-bond acceptors (Lipinski definition) is 3. The highest BCUT2D eigenvalue weighted by Gasteiger charge is 2.47. The fraction of sp³-hybridized carbons (Fsp3) is 0.875. The summed E-state index contributed by atoms with van der Waals surface area (Å²) in [5.41, 5.74) is 0. The molecule has 2 unspecified atom stereocenters. The lowest BCUT2D eigenvalue weighted by atomic mass is 9.90. The molecule has 0 aromatic carbocycles. The van der Waals surface area contributed by atoms with E-state index in [4.69, 9.17) is 4.74 Å². The van der Waals surface area contributed by atoms with Crippen LogP contribution in [0.1, 0.15) is 46.0 Å². The molecule has 5 nitrogen and oxygen atoms in total. The average molecular weight is 296 g/mol. The molecule has 2 rings (SSSR count). The summed E-state index contributed by atoms with van der Waals surface area (Å²) in [6, 6.07) is -0.488. The van der Waals surface area contributed by atoms with Crippen molar-refractivity contribution in [1.29, 1.82) is 0 Å². The molecule has 0 aromatic rings. The van der Waals surface area contributed by atoms with Crippen molar-refractivity contribution in [2.24, 2.45) is 5.92 Å². The molecule has 0 bridgehead atoms. The van der Waals surface area contributed by atoms with Crippen molar-refractivity contribution in [3.05, 3.63) is 0 Å². The van der Waals surface area contributed by atoms with Crippen molar-refractivity contribution in [2.75, 3.05) is 26.8 Å². The molecular weight excluding hydrogens is 268 g/mol. The second-order valence-electron chi connectivity index (χ2n) is 6.46. The van der Waals surface area contributed by atoms with Crippen molar-refractivity contribution < 1.29 is 14.3 Å². The second-order valence-corrected chi connectivity index (χ2v) is 6.46. The topological polar surface area (TPSA) is 49.9 Å². The summed E-state index contributed by atoms with van der Waals surface area (Å²) in [7, 11) is 1.69. The minimum atomic E-state index is -0.283. The van der Waals surface area contributed by atoms with Crippen molar-refractivity contribution in [3.63, 3.8) is 0 Å². The van der Waals surface area contributed by atoms with E-state index in [1.54, 1.807) is 7.11 Å². The van der Waals surface area contributed by atoms with Gasteiger partial charge in [0.2, 0.25) is 11.8 Å². The van der Waals surface area contributed by atoms with E-state index < -0.39 is 0 Å². The Morgan fingerprint density at radius 3 is 2.62 bits per heavy atom. The zero-order valence-electron chi connectivity index (χ0n) is 13.5. The molecule has 0 aromatic heterocycles. The van der Waals surface area contributed by atoms with Gasteiger partial charge in [-0.2, -0.15) is 0 Å². The number of unbranched alkanes of at least 4 members (excludes halogenated alkanes) is 1. The van der Waals surface area contributed by atoms with Crippen molar-refractivity contribution in [3.8, 4) is 0 Å². The molecule has 5 heteroatoms. The molecule has 0 spiro atoms. The molecule has 2 atom stereocenters. The Hall–Kier alpha value is -1.10. The molecule has 2 aliphatic rings. The van der Waals surface area contributed by atoms with E-state index in [9.17, 15) is 9.59 Å². The Morgan fingerprint density at radius 1 is 1.19 bits per heavy atom. The zero-order chi connectivity index (χ0) is 15.4. The number of ether oxygens (including phenoxy) is 1. The number of carbonyl (C=O) groups is 2. The Bertz CT molecular complexity index is 384. The predicted molar refractivity (Wildman–Crippen MR) is 80.8 cm³/mol. The highest BCUT2D eigenvalue weighted by molar-refractivity contribution is 5.97. The van der Waals surface area contributed by atoms with Crippen LogP contribution in [0.2, 0.25) is 0 Å². The lowest BCUT2D eigenvalue weighted by molar-refractivity contribution is -0.165. The van der Waals surface area contributed by atoms with Gasteiger partial charge in [-0.3, -0.25) is 9.59 Å². The third kappa shape index (κ3) is 3.39. The standard InChI is InChI=1S/C16H28N2O3/c1-12(2)14-16(20)17-9-5-4-8-13(17)15(19)18(14)10-6-7-11-21-3/h12-14H,4-11H2,1-3H3. The number of fused-ring (bicyclic) bond motifs is 1. The van der Waals surface area contributed by atoms with Crippen LogP contribution in [0.3, 0.4) is 0 Å². The van der Waals surface area contributed by atoms with Crippen molar-refractivity contribution >= 4 is 11.8 Å². The fourth-order valence-corrected chi connectivity index (χ4v) is 3.51. The highest BCUT2D eigenvalue weighted by atomic mass is 16.5. The van der Waals surface area contributed by atoms with Crippen LogP contribution in [0.4, 0.5) is 0 Å². The van der Waals surface area contributed by atoms with Gasteiger partial charge in [-0.25, -0.2) is 0 Å². The van der Waals surface area contributed by atoms with Gasteiger partial charge in [0.15, 0.2) is 0 Å². The average Bonchev–Trinajstić information content (AvgIpc) is 2.48. The van der Waals surface area contributed by atoms with Gasteiger partial charge >= 0.3 is 0 Å². The zero-order valence-corrected chi connectivity index (χ0v) is 13.5. The number of methoxy groups -OCH3 is 1. The quantitative estimate of drug-likeness (QED) is 0.700. The first-order chi connectivity index (χ1) is 10.1. The lowest BCUT2D eigenvalue weighted by Crippen LogP contribution is -2.67. The molecular formula is C16H28N2O3. The van der Waals surface area contributed by atoms with E-state index in [0.29, 0.717) is 13.2 Å². The number of nitrogens with zero attached hydrogens (tertiary/aromatic N) is 2. The Balaban J connectivity index is 2.10. The predicted octanol–water partition coefficient (Wildman–Crippen LogP) is 1.66. The van der Waals surface area contributed by atoms with E-state index in [1.165, 1.54) is 0 Å². The fourth-order valence-electron chi connectivity index (χ4n) is 3.51. The van der Waals surface area contributed by atoms with Gasteiger partial charge in [0.05, 0.1) is 0 Å². The van der Waals surface area contributed by atoms with Crippen LogP contribution >= 0.6 is 0 Å². The SMILES string of the molecule is COCCCCN1C(=O)C2CCCCN2C(=O)C1C(C)C. The van der Waals surface area contributed by atoms with E-state index >= 15 is 0 Å². The summed E-state index contributed by atoms with van der Waals surface area (Å²) in [5.74, 6) is 0.471. The van der Waals surface area contributed by atoms with Crippen LogP contribution in [0, 0.1) is 5.92 Å². The largest absolute Gasteiger partial charge is 0.385 e. The molecule has 2 aliphatic heterocycles. The van der Waals surface area contributed by atoms with Gasteiger partial charge in [-0.05, 0) is 38.0 Å². The Labute approximate surface area is 127 Å². The molecule has 0 N–H and O–H groups in total. The van der Waals surface area contributed by atoms with Crippen LogP contribution in [-0.4, -0.2) is 60.5 Å². The third-order valence-electron chi connectivity index (χ3n) is 4.57. The van der Waals surface area contributed by atoms with Crippen LogP contribution in [0.15, 0.2) is 0 Å². The number of hydrogen-bond donors (Lipinski definition) is 0. The molecule has 0 saturated carbocycles. The molecule has 2 heterocycles. The molecule has 0 aliphatic carbocycles. The van der Waals surface area contributed by atoms with Gasteiger partial charge in [-0.15, -0.1) is 0 Å². The number of piperazine rings is 1. The third-order valence-corrected chi connectivity index (χ3v) is 4.57. The van der Waals surface area contributed by atoms with Gasteiger partial charge < -0.3 is 14.5 Å². The summed E-state index contributed by atoms with van der Waals surface area (Å²) < 4.78 is 5.06. The smallest absolute Gasteiger partial charge is 0.246 e. The lowest BCUT2D eigenvalue weighted by Gasteiger charge is -2.48. The van der Waals surface area contributed by atoms with E-state index in [2.05, 4.69) is 0 Å². The van der Waals surface area contributed by atoms with Gasteiger partial charge in [0, 0.05) is 26.8 Å². The maximum atomic E-state index is 12.8. The first kappa shape index (κ1) is 16.3.